The maximum Gasteiger partial charge on any atom is 0.220 e. The first-order valence-corrected chi connectivity index (χ1v) is 7.39. The van der Waals surface area contributed by atoms with Crippen LogP contribution in [0.2, 0.25) is 0 Å². The Hall–Kier alpha value is -2.16. The van der Waals surface area contributed by atoms with Crippen LogP contribution in [0.25, 0.3) is 0 Å². The Morgan fingerprint density at radius 3 is 2.67 bits per heavy atom. The van der Waals surface area contributed by atoms with E-state index in [2.05, 4.69) is 30.2 Å². The molecule has 0 aliphatic carbocycles. The zero-order valence-electron chi connectivity index (χ0n) is 12.7. The fourth-order valence-corrected chi connectivity index (χ4v) is 2.11. The average Bonchev–Trinajstić information content (AvgIpc) is 2.52. The van der Waals surface area contributed by atoms with Gasteiger partial charge in [-0.1, -0.05) is 50.2 Å². The van der Waals surface area contributed by atoms with E-state index in [1.54, 1.807) is 0 Å². The molecule has 112 valence electrons. The van der Waals surface area contributed by atoms with E-state index < -0.39 is 0 Å². The Labute approximate surface area is 127 Å². The average molecular weight is 284 g/mol. The highest BCUT2D eigenvalue weighted by Crippen LogP contribution is 2.13. The molecule has 0 saturated heterocycles. The molecule has 0 unspecified atom stereocenters. The maximum atomic E-state index is 11.9. The molecule has 0 bridgehead atoms. The molecule has 0 saturated carbocycles. The monoisotopic (exact) mass is 284 g/mol. The number of hydrogen-bond donors (Lipinski definition) is 1. The summed E-state index contributed by atoms with van der Waals surface area (Å²) in [4.78, 5) is 16.1. The van der Waals surface area contributed by atoms with Gasteiger partial charge in [-0.25, -0.2) is 0 Å². The summed E-state index contributed by atoms with van der Waals surface area (Å²) in [6, 6.07) is 12.2. The Balaban J connectivity index is 0.00000242. The van der Waals surface area contributed by atoms with E-state index in [0.29, 0.717) is 18.9 Å². The molecule has 3 heteroatoms. The van der Waals surface area contributed by atoms with Crippen LogP contribution in [0.1, 0.15) is 44.3 Å². The van der Waals surface area contributed by atoms with Crippen molar-refractivity contribution in [3.05, 3.63) is 65.5 Å². The quantitative estimate of drug-likeness (QED) is 0.878. The fraction of sp³-hybridized carbons (Fsp3) is 0.333. The molecule has 1 aromatic heterocycles. The van der Waals surface area contributed by atoms with Gasteiger partial charge in [0.2, 0.25) is 5.91 Å². The van der Waals surface area contributed by atoms with E-state index in [1.807, 2.05) is 42.7 Å². The van der Waals surface area contributed by atoms with Crippen molar-refractivity contribution in [1.29, 1.82) is 0 Å². The van der Waals surface area contributed by atoms with Crippen molar-refractivity contribution in [2.75, 3.05) is 0 Å². The van der Waals surface area contributed by atoms with Gasteiger partial charge in [-0.05, 0) is 29.0 Å². The van der Waals surface area contributed by atoms with Gasteiger partial charge in [0.05, 0.1) is 0 Å². The van der Waals surface area contributed by atoms with Crippen LogP contribution in [0, 0.1) is 0 Å². The number of amides is 1. The largest absolute Gasteiger partial charge is 0.352 e. The first-order chi connectivity index (χ1) is 10.1. The van der Waals surface area contributed by atoms with Crippen LogP contribution in [0.15, 0.2) is 48.8 Å². The zero-order valence-corrected chi connectivity index (χ0v) is 12.7. The Morgan fingerprint density at radius 1 is 1.19 bits per heavy atom. The van der Waals surface area contributed by atoms with Crippen LogP contribution >= 0.6 is 0 Å². The summed E-state index contributed by atoms with van der Waals surface area (Å²) >= 11 is 0. The summed E-state index contributed by atoms with van der Waals surface area (Å²) in [6.45, 7) is 4.82. The number of carbonyl (C=O) groups excluding carboxylic acids is 1. The predicted octanol–water partition coefficient (Wildman–Crippen LogP) is 3.70. The first kappa shape index (κ1) is 15.2. The molecule has 21 heavy (non-hydrogen) atoms. The van der Waals surface area contributed by atoms with Crippen molar-refractivity contribution in [2.45, 2.75) is 39.2 Å². The molecule has 0 atom stereocenters. The number of carbonyl (C=O) groups is 1. The smallest absolute Gasteiger partial charge is 0.220 e. The van der Waals surface area contributed by atoms with Crippen LogP contribution in [-0.2, 0) is 17.8 Å². The minimum Gasteiger partial charge on any atom is -0.352 e. The van der Waals surface area contributed by atoms with Crippen molar-refractivity contribution >= 4 is 5.91 Å². The second-order valence-electron chi connectivity index (χ2n) is 5.54. The van der Waals surface area contributed by atoms with Gasteiger partial charge in [0.1, 0.15) is 0 Å². The summed E-state index contributed by atoms with van der Waals surface area (Å²) in [5, 5.41) is 2.96. The van der Waals surface area contributed by atoms with Crippen LogP contribution in [0.5, 0.6) is 0 Å². The molecule has 1 N–H and O–H groups in total. The molecule has 0 spiro atoms. The zero-order chi connectivity index (χ0) is 15.1. The van der Waals surface area contributed by atoms with Gasteiger partial charge in [-0.15, -0.1) is 0 Å². The van der Waals surface area contributed by atoms with Crippen LogP contribution in [0.3, 0.4) is 0 Å². The standard InChI is InChI=1S/C18H22N2O.H2/c1-14(2)17-10-16(11-19-13-17)12-20-18(21)9-8-15-6-4-3-5-7-15;/h3-7,10-11,13-14H,8-9,12H2,1-2H3,(H,20,21);1H. The van der Waals surface area contributed by atoms with Gasteiger partial charge < -0.3 is 5.32 Å². The number of nitrogens with zero attached hydrogens (tertiary/aromatic N) is 1. The summed E-state index contributed by atoms with van der Waals surface area (Å²) in [7, 11) is 0. The number of benzene rings is 1. The minimum atomic E-state index is 0. The SMILES string of the molecule is CC(C)c1cncc(CNC(=O)CCc2ccccc2)c1.[HH]. The van der Waals surface area contributed by atoms with Crippen molar-refractivity contribution < 1.29 is 6.22 Å². The number of nitrogens with one attached hydrogen (secondary N) is 1. The third-order valence-corrected chi connectivity index (χ3v) is 3.46. The van der Waals surface area contributed by atoms with Crippen LogP contribution in [-0.4, -0.2) is 10.9 Å². The van der Waals surface area contributed by atoms with Crippen molar-refractivity contribution in [1.82, 2.24) is 10.3 Å². The highest BCUT2D eigenvalue weighted by atomic mass is 16.1. The van der Waals surface area contributed by atoms with Gasteiger partial charge >= 0.3 is 0 Å². The molecule has 3 nitrogen and oxygen atoms in total. The minimum absolute atomic E-state index is 0. The van der Waals surface area contributed by atoms with Crippen molar-refractivity contribution in [3.8, 4) is 0 Å². The lowest BCUT2D eigenvalue weighted by Gasteiger charge is -2.09. The molecule has 0 aliphatic rings. The second-order valence-corrected chi connectivity index (χ2v) is 5.54. The van der Waals surface area contributed by atoms with E-state index >= 15 is 0 Å². The lowest BCUT2D eigenvalue weighted by atomic mass is 10.0. The fourth-order valence-electron chi connectivity index (χ4n) is 2.11. The molecular formula is C18H24N2O. The highest BCUT2D eigenvalue weighted by molar-refractivity contribution is 5.76. The number of aryl methyl sites for hydroxylation is 1. The Morgan fingerprint density at radius 2 is 1.95 bits per heavy atom. The number of aromatic nitrogens is 1. The summed E-state index contributed by atoms with van der Waals surface area (Å²) in [5.74, 6) is 0.528. The van der Waals surface area contributed by atoms with Gasteiger partial charge in [0, 0.05) is 26.8 Å². The topological polar surface area (TPSA) is 42.0 Å². The van der Waals surface area contributed by atoms with Gasteiger partial charge in [0.15, 0.2) is 0 Å². The molecule has 0 fully saturated rings. The Kier molecular flexibility index (Phi) is 5.50. The summed E-state index contributed by atoms with van der Waals surface area (Å²) < 4.78 is 0. The molecule has 0 radical (unpaired) electrons. The third kappa shape index (κ3) is 5.03. The van der Waals surface area contributed by atoms with Gasteiger partial charge in [-0.3, -0.25) is 9.78 Å². The van der Waals surface area contributed by atoms with Crippen molar-refractivity contribution in [3.63, 3.8) is 0 Å². The third-order valence-electron chi connectivity index (χ3n) is 3.46. The van der Waals surface area contributed by atoms with E-state index in [-0.39, 0.29) is 7.33 Å². The van der Waals surface area contributed by atoms with E-state index in [0.717, 1.165) is 12.0 Å². The molecular weight excluding hydrogens is 260 g/mol. The van der Waals surface area contributed by atoms with E-state index in [9.17, 15) is 4.79 Å². The van der Waals surface area contributed by atoms with Crippen molar-refractivity contribution in [2.24, 2.45) is 0 Å². The highest BCUT2D eigenvalue weighted by Gasteiger charge is 2.04. The second kappa shape index (κ2) is 7.58. The molecule has 1 amide bonds. The van der Waals surface area contributed by atoms with Gasteiger partial charge in [-0.2, -0.15) is 0 Å². The van der Waals surface area contributed by atoms with Gasteiger partial charge in [0.25, 0.3) is 0 Å². The number of rotatable bonds is 6. The molecule has 1 aromatic carbocycles. The van der Waals surface area contributed by atoms with E-state index in [1.165, 1.54) is 11.1 Å². The Bertz CT molecular complexity index is 585. The summed E-state index contributed by atoms with van der Waals surface area (Å²) in [6.07, 6.45) is 4.98. The number of pyridine rings is 1. The predicted molar refractivity (Wildman–Crippen MR) is 87.0 cm³/mol. The molecule has 2 aromatic rings. The lowest BCUT2D eigenvalue weighted by molar-refractivity contribution is -0.121. The van der Waals surface area contributed by atoms with Crippen LogP contribution < -0.4 is 5.32 Å². The normalized spacial score (nSPS) is 10.6. The number of hydrogen-bond acceptors (Lipinski definition) is 2. The van der Waals surface area contributed by atoms with Crippen LogP contribution in [0.4, 0.5) is 0 Å². The molecule has 1 heterocycles. The van der Waals surface area contributed by atoms with E-state index in [4.69, 9.17) is 0 Å². The first-order valence-electron chi connectivity index (χ1n) is 7.39. The maximum absolute atomic E-state index is 11.9. The molecule has 2 rings (SSSR count). The molecule has 0 aliphatic heterocycles. The lowest BCUT2D eigenvalue weighted by Crippen LogP contribution is -2.23. The summed E-state index contributed by atoms with van der Waals surface area (Å²) in [5.41, 5.74) is 3.44.